The maximum atomic E-state index is 11.5. The first-order valence-corrected chi connectivity index (χ1v) is 5.75. The maximum absolute atomic E-state index is 11.5. The Morgan fingerprint density at radius 2 is 2.21 bits per heavy atom. The number of hydrogen-bond acceptors (Lipinski definition) is 4. The zero-order valence-electron chi connectivity index (χ0n) is 10.3. The molecule has 100 valence electrons. The normalized spacial score (nSPS) is 9.63. The number of anilines is 1. The highest BCUT2D eigenvalue weighted by Gasteiger charge is 2.14. The van der Waals surface area contributed by atoms with Crippen LogP contribution in [-0.2, 0) is 4.79 Å². The molecule has 6 nitrogen and oxygen atoms in total. The first-order valence-electron chi connectivity index (χ1n) is 5.75. The summed E-state index contributed by atoms with van der Waals surface area (Å²) in [4.78, 5) is 21.5. The molecule has 1 aromatic carbocycles. The Balaban J connectivity index is 2.58. The highest BCUT2D eigenvalue weighted by atomic mass is 16.6. The van der Waals surface area contributed by atoms with Crippen LogP contribution in [0, 0.1) is 22.5 Å². The van der Waals surface area contributed by atoms with Gasteiger partial charge in [0.2, 0.25) is 5.91 Å². The average molecular weight is 262 g/mol. The lowest BCUT2D eigenvalue weighted by Gasteiger charge is -2.05. The van der Waals surface area contributed by atoms with Crippen molar-refractivity contribution in [1.29, 1.82) is 0 Å². The van der Waals surface area contributed by atoms with Gasteiger partial charge in [-0.05, 0) is 25.0 Å². The third-order valence-corrected chi connectivity index (χ3v) is 2.43. The number of nitro benzene ring substituents is 1. The zero-order chi connectivity index (χ0) is 14.3. The van der Waals surface area contributed by atoms with Crippen molar-refractivity contribution in [1.82, 2.24) is 0 Å². The largest absolute Gasteiger partial charge is 0.502 e. The molecule has 0 saturated carbocycles. The lowest BCUT2D eigenvalue weighted by molar-refractivity contribution is -0.385. The second-order valence-electron chi connectivity index (χ2n) is 3.92. The van der Waals surface area contributed by atoms with Crippen LogP contribution in [0.5, 0.6) is 5.75 Å². The van der Waals surface area contributed by atoms with Gasteiger partial charge in [-0.25, -0.2) is 0 Å². The van der Waals surface area contributed by atoms with Crippen LogP contribution in [0.2, 0.25) is 0 Å². The van der Waals surface area contributed by atoms with E-state index in [2.05, 4.69) is 11.2 Å². The van der Waals surface area contributed by atoms with E-state index in [-0.39, 0.29) is 11.6 Å². The van der Waals surface area contributed by atoms with Gasteiger partial charge in [0.1, 0.15) is 0 Å². The van der Waals surface area contributed by atoms with Gasteiger partial charge in [0.05, 0.1) is 4.92 Å². The number of nitrogens with one attached hydrogen (secondary N) is 1. The van der Waals surface area contributed by atoms with Crippen molar-refractivity contribution < 1.29 is 14.8 Å². The quantitative estimate of drug-likeness (QED) is 0.271. The summed E-state index contributed by atoms with van der Waals surface area (Å²) in [5, 5.41) is 22.4. The minimum absolute atomic E-state index is 0.239. The van der Waals surface area contributed by atoms with Crippen LogP contribution in [0.4, 0.5) is 11.4 Å². The molecule has 0 atom stereocenters. The SMILES string of the molecule is C#CCCCCC(=O)Nc1ccc(O)c([N+](=O)[O-])c1. The van der Waals surface area contributed by atoms with Gasteiger partial charge in [0.15, 0.2) is 5.75 Å². The first kappa shape index (κ1) is 14.5. The van der Waals surface area contributed by atoms with Crippen LogP contribution in [0.1, 0.15) is 25.7 Å². The predicted molar refractivity (Wildman–Crippen MR) is 70.7 cm³/mol. The van der Waals surface area contributed by atoms with Crippen molar-refractivity contribution in [2.24, 2.45) is 0 Å². The molecule has 0 saturated heterocycles. The molecule has 0 aliphatic carbocycles. The number of aromatic hydroxyl groups is 1. The van der Waals surface area contributed by atoms with Crippen LogP contribution >= 0.6 is 0 Å². The van der Waals surface area contributed by atoms with Crippen molar-refractivity contribution in [3.63, 3.8) is 0 Å². The van der Waals surface area contributed by atoms with Crippen LogP contribution < -0.4 is 5.32 Å². The average Bonchev–Trinajstić information content (AvgIpc) is 2.36. The molecule has 0 spiro atoms. The molecule has 0 radical (unpaired) electrons. The molecule has 0 fully saturated rings. The van der Waals surface area contributed by atoms with Gasteiger partial charge in [-0.2, -0.15) is 0 Å². The fourth-order valence-corrected chi connectivity index (χ4v) is 1.48. The van der Waals surface area contributed by atoms with E-state index in [9.17, 15) is 20.0 Å². The first-order chi connectivity index (χ1) is 9.04. The van der Waals surface area contributed by atoms with Gasteiger partial charge in [0, 0.05) is 24.6 Å². The molecule has 1 amide bonds. The van der Waals surface area contributed by atoms with Crippen molar-refractivity contribution >= 4 is 17.3 Å². The van der Waals surface area contributed by atoms with E-state index >= 15 is 0 Å². The summed E-state index contributed by atoms with van der Waals surface area (Å²) in [6, 6.07) is 3.70. The second kappa shape index (κ2) is 7.01. The summed E-state index contributed by atoms with van der Waals surface area (Å²) in [5.41, 5.74) is -0.156. The van der Waals surface area contributed by atoms with Gasteiger partial charge < -0.3 is 10.4 Å². The minimum atomic E-state index is -0.710. The number of benzene rings is 1. The van der Waals surface area contributed by atoms with Gasteiger partial charge in [-0.15, -0.1) is 12.3 Å². The van der Waals surface area contributed by atoms with Gasteiger partial charge in [-0.1, -0.05) is 0 Å². The number of phenolic OH excluding ortho intramolecular Hbond substituents is 1. The highest BCUT2D eigenvalue weighted by molar-refractivity contribution is 5.91. The molecule has 0 aliphatic heterocycles. The van der Waals surface area contributed by atoms with E-state index in [4.69, 9.17) is 6.42 Å². The molecule has 6 heteroatoms. The molecule has 0 bridgehead atoms. The molecule has 0 heterocycles. The Bertz CT molecular complexity index is 520. The number of carbonyl (C=O) groups excluding carboxylic acids is 1. The summed E-state index contributed by atoms with van der Waals surface area (Å²) in [6.45, 7) is 0. The van der Waals surface area contributed by atoms with Crippen molar-refractivity contribution in [2.75, 3.05) is 5.32 Å². The van der Waals surface area contributed by atoms with E-state index < -0.39 is 16.4 Å². The number of carbonyl (C=O) groups is 1. The van der Waals surface area contributed by atoms with E-state index in [1.807, 2.05) is 0 Å². The van der Waals surface area contributed by atoms with Gasteiger partial charge in [-0.3, -0.25) is 14.9 Å². The number of hydrogen-bond donors (Lipinski definition) is 2. The Hall–Kier alpha value is -2.55. The molecule has 0 aromatic heterocycles. The van der Waals surface area contributed by atoms with Crippen LogP contribution in [0.3, 0.4) is 0 Å². The Labute approximate surface area is 110 Å². The smallest absolute Gasteiger partial charge is 0.312 e. The summed E-state index contributed by atoms with van der Waals surface area (Å²) in [6.07, 6.45) is 7.44. The van der Waals surface area contributed by atoms with E-state index in [1.165, 1.54) is 12.1 Å². The van der Waals surface area contributed by atoms with Crippen LogP contribution in [0.15, 0.2) is 18.2 Å². The van der Waals surface area contributed by atoms with E-state index in [1.54, 1.807) is 0 Å². The van der Waals surface area contributed by atoms with Gasteiger partial charge >= 0.3 is 5.69 Å². The fourth-order valence-electron chi connectivity index (χ4n) is 1.48. The minimum Gasteiger partial charge on any atom is -0.502 e. The van der Waals surface area contributed by atoms with E-state index in [0.717, 1.165) is 12.5 Å². The number of amides is 1. The second-order valence-corrected chi connectivity index (χ2v) is 3.92. The van der Waals surface area contributed by atoms with Crippen molar-refractivity contribution in [3.8, 4) is 18.1 Å². The van der Waals surface area contributed by atoms with Crippen molar-refractivity contribution in [2.45, 2.75) is 25.7 Å². The monoisotopic (exact) mass is 262 g/mol. The molecular formula is C13H14N2O4. The molecule has 1 rings (SSSR count). The lowest BCUT2D eigenvalue weighted by Crippen LogP contribution is -2.11. The fraction of sp³-hybridized carbons (Fsp3) is 0.308. The number of nitro groups is 1. The number of phenols is 1. The standard InChI is InChI=1S/C13H14N2O4/c1-2-3-4-5-6-13(17)14-10-7-8-12(16)11(9-10)15(18)19/h1,7-9,16H,3-6H2,(H,14,17). The van der Waals surface area contributed by atoms with Crippen molar-refractivity contribution in [3.05, 3.63) is 28.3 Å². The summed E-state index contributed by atoms with van der Waals surface area (Å²) in [7, 11) is 0. The molecule has 0 unspecified atom stereocenters. The summed E-state index contributed by atoms with van der Waals surface area (Å²) in [5.74, 6) is 1.81. The molecule has 19 heavy (non-hydrogen) atoms. The Morgan fingerprint density at radius 1 is 1.47 bits per heavy atom. The number of rotatable bonds is 6. The highest BCUT2D eigenvalue weighted by Crippen LogP contribution is 2.28. The van der Waals surface area contributed by atoms with Gasteiger partial charge in [0.25, 0.3) is 0 Å². The van der Waals surface area contributed by atoms with Crippen LogP contribution in [0.25, 0.3) is 0 Å². The Kier molecular flexibility index (Phi) is 5.35. The summed E-state index contributed by atoms with van der Waals surface area (Å²) < 4.78 is 0. The van der Waals surface area contributed by atoms with Crippen LogP contribution in [-0.4, -0.2) is 15.9 Å². The zero-order valence-corrected chi connectivity index (χ0v) is 10.3. The third kappa shape index (κ3) is 4.68. The molecule has 1 aromatic rings. The molecular weight excluding hydrogens is 248 g/mol. The molecule has 0 aliphatic rings. The number of unbranched alkanes of at least 4 members (excludes halogenated alkanes) is 2. The topological polar surface area (TPSA) is 92.5 Å². The number of terminal acetylenes is 1. The number of nitrogens with zero attached hydrogens (tertiary/aromatic N) is 1. The maximum Gasteiger partial charge on any atom is 0.312 e. The Morgan fingerprint density at radius 3 is 2.84 bits per heavy atom. The predicted octanol–water partition coefficient (Wildman–Crippen LogP) is 2.43. The lowest BCUT2D eigenvalue weighted by atomic mass is 10.2. The van der Waals surface area contributed by atoms with E-state index in [0.29, 0.717) is 19.3 Å². The summed E-state index contributed by atoms with van der Waals surface area (Å²) >= 11 is 0. The molecule has 2 N–H and O–H groups in total. The third-order valence-electron chi connectivity index (χ3n) is 2.43.